The van der Waals surface area contributed by atoms with Gasteiger partial charge in [-0.25, -0.2) is 4.39 Å². The Balaban J connectivity index is 5.35. The van der Waals surface area contributed by atoms with Gasteiger partial charge in [0.05, 0.1) is 0 Å². The summed E-state index contributed by atoms with van der Waals surface area (Å²) < 4.78 is 99.2. The van der Waals surface area contributed by atoms with Gasteiger partial charge in [-0.05, 0) is 0 Å². The van der Waals surface area contributed by atoms with Crippen molar-refractivity contribution in [1.82, 2.24) is 0 Å². The molecule has 0 saturated heterocycles. The minimum Gasteiger partial charge on any atom is -0.769 e. The molecule has 0 aliphatic heterocycles. The molecule has 0 spiro atoms. The van der Waals surface area contributed by atoms with E-state index in [0.29, 0.717) is 0 Å². The molecule has 0 amide bonds. The van der Waals surface area contributed by atoms with Crippen molar-refractivity contribution in [3.63, 3.8) is 0 Å². The molecule has 0 aliphatic rings. The average molecular weight is 233 g/mol. The molecule has 1 unspecified atom stereocenters. The van der Waals surface area contributed by atoms with Gasteiger partial charge in [0.2, 0.25) is 0 Å². The van der Waals surface area contributed by atoms with Crippen LogP contribution < -0.4 is 0 Å². The first-order valence-corrected chi connectivity index (χ1v) is 3.44. The van der Waals surface area contributed by atoms with E-state index in [1.807, 2.05) is 0 Å². The van der Waals surface area contributed by atoms with Crippen LogP contribution >= 0.6 is 0 Å². The quantitative estimate of drug-likeness (QED) is 0.510. The second kappa shape index (κ2) is 3.08. The van der Waals surface area contributed by atoms with Gasteiger partial charge in [-0.2, -0.15) is 26.3 Å². The van der Waals surface area contributed by atoms with Crippen LogP contribution in [0.25, 0.3) is 0 Å². The van der Waals surface area contributed by atoms with E-state index in [1.54, 1.807) is 0 Å². The smallest absolute Gasteiger partial charge is 0.442 e. The van der Waals surface area contributed by atoms with Crippen molar-refractivity contribution in [3.05, 3.63) is 0 Å². The van der Waals surface area contributed by atoms with Crippen molar-refractivity contribution in [2.75, 3.05) is 0 Å². The Labute approximate surface area is 69.0 Å². The molecule has 0 radical (unpaired) electrons. The van der Waals surface area contributed by atoms with Gasteiger partial charge < -0.3 is 4.55 Å². The Hall–Kier alpha value is -0.380. The zero-order valence-electron chi connectivity index (χ0n) is 5.37. The molecule has 0 aromatic heterocycles. The average Bonchev–Trinajstić information content (AvgIpc) is 1.80. The zero-order chi connectivity index (χ0) is 11.1. The number of hydrogen-bond acceptors (Lipinski definition) is 2. The second-order valence-electron chi connectivity index (χ2n) is 1.83. The van der Waals surface area contributed by atoms with Gasteiger partial charge in [0.1, 0.15) is 0 Å². The van der Waals surface area contributed by atoms with E-state index < -0.39 is 28.4 Å². The van der Waals surface area contributed by atoms with E-state index in [0.717, 1.165) is 0 Å². The first kappa shape index (κ1) is 12.6. The molecule has 80 valence electrons. The Morgan fingerprint density at radius 3 is 1.08 bits per heavy atom. The van der Waals surface area contributed by atoms with Gasteiger partial charge in [0.15, 0.2) is 0 Å². The molecule has 0 aliphatic carbocycles. The van der Waals surface area contributed by atoms with Gasteiger partial charge in [-0.1, -0.05) is 0 Å². The maximum absolute atomic E-state index is 12.1. The predicted molar refractivity (Wildman–Crippen MR) is 24.9 cm³/mol. The fourth-order valence-corrected chi connectivity index (χ4v) is 0.728. The van der Waals surface area contributed by atoms with Crippen LogP contribution in [-0.4, -0.2) is 26.1 Å². The summed E-state index contributed by atoms with van der Waals surface area (Å²) in [6, 6.07) is 0. The lowest BCUT2D eigenvalue weighted by molar-refractivity contribution is -0.306. The maximum Gasteiger partial charge on any atom is 0.442 e. The molecule has 0 rings (SSSR count). The van der Waals surface area contributed by atoms with Crippen LogP contribution in [0.5, 0.6) is 0 Å². The van der Waals surface area contributed by atoms with Gasteiger partial charge >= 0.3 is 17.4 Å². The van der Waals surface area contributed by atoms with Gasteiger partial charge in [-0.15, -0.1) is 0 Å². The molecule has 10 heteroatoms. The highest BCUT2D eigenvalue weighted by atomic mass is 32.2. The Morgan fingerprint density at radius 2 is 1.08 bits per heavy atom. The monoisotopic (exact) mass is 233 g/mol. The third-order valence-electron chi connectivity index (χ3n) is 0.959. The van der Waals surface area contributed by atoms with Crippen molar-refractivity contribution in [3.8, 4) is 0 Å². The normalized spacial score (nSPS) is 17.2. The third kappa shape index (κ3) is 1.93. The van der Waals surface area contributed by atoms with Crippen LogP contribution in [0, 0.1) is 0 Å². The first-order valence-electron chi connectivity index (χ1n) is 2.36. The summed E-state index contributed by atoms with van der Waals surface area (Å²) in [7, 11) is 0. The molecule has 2 nitrogen and oxygen atoms in total. The van der Waals surface area contributed by atoms with E-state index in [1.165, 1.54) is 0 Å². The van der Waals surface area contributed by atoms with E-state index in [9.17, 15) is 39.5 Å². The van der Waals surface area contributed by atoms with Crippen LogP contribution in [0.3, 0.4) is 0 Å². The number of halogens is 7. The zero-order valence-corrected chi connectivity index (χ0v) is 6.19. The summed E-state index contributed by atoms with van der Waals surface area (Å²) in [5.74, 6) is 0. The van der Waals surface area contributed by atoms with Crippen LogP contribution in [-0.2, 0) is 11.1 Å². The molecule has 0 aromatic carbocycles. The van der Waals surface area contributed by atoms with E-state index in [4.69, 9.17) is 0 Å². The Bertz CT molecular complexity index is 203. The minimum atomic E-state index is -6.54. The Kier molecular flexibility index (Phi) is 2.99. The van der Waals surface area contributed by atoms with Gasteiger partial charge in [0.25, 0.3) is 0 Å². The molecule has 0 N–H and O–H groups in total. The fourth-order valence-electron chi connectivity index (χ4n) is 0.350. The van der Waals surface area contributed by atoms with Crippen molar-refractivity contribution in [2.24, 2.45) is 0 Å². The third-order valence-corrected chi connectivity index (χ3v) is 1.88. The molecule has 0 fully saturated rings. The van der Waals surface area contributed by atoms with Crippen LogP contribution in [0.2, 0.25) is 0 Å². The molecule has 13 heavy (non-hydrogen) atoms. The SMILES string of the molecule is O=S([O-])C(F)(C(F)(F)F)C(F)(F)F. The lowest BCUT2D eigenvalue weighted by Gasteiger charge is -2.31. The molecule has 1 atom stereocenters. The lowest BCUT2D eigenvalue weighted by atomic mass is 10.3. The predicted octanol–water partition coefficient (Wildman–Crippen LogP) is 1.66. The van der Waals surface area contributed by atoms with Crippen LogP contribution in [0.15, 0.2) is 0 Å². The minimum absolute atomic E-state index is 4.97. The highest BCUT2D eigenvalue weighted by Crippen LogP contribution is 2.47. The van der Waals surface area contributed by atoms with Crippen molar-refractivity contribution >= 4 is 11.1 Å². The molecule has 0 heterocycles. The highest BCUT2D eigenvalue weighted by molar-refractivity contribution is 7.80. The van der Waals surface area contributed by atoms with Gasteiger partial charge in [-0.3, -0.25) is 4.21 Å². The largest absolute Gasteiger partial charge is 0.769 e. The molecular weight excluding hydrogens is 233 g/mol. The van der Waals surface area contributed by atoms with E-state index >= 15 is 0 Å². The summed E-state index contributed by atoms with van der Waals surface area (Å²) in [4.78, 5) is 0. The summed E-state index contributed by atoms with van der Waals surface area (Å²) >= 11 is -4.97. The second-order valence-corrected chi connectivity index (χ2v) is 2.86. The van der Waals surface area contributed by atoms with Crippen molar-refractivity contribution < 1.29 is 39.5 Å². The fraction of sp³-hybridized carbons (Fsp3) is 1.00. The summed E-state index contributed by atoms with van der Waals surface area (Å²) in [6.07, 6.45) is -13.1. The van der Waals surface area contributed by atoms with Crippen molar-refractivity contribution in [2.45, 2.75) is 17.4 Å². The molecule has 0 bridgehead atoms. The molecule has 0 saturated carbocycles. The lowest BCUT2D eigenvalue weighted by Crippen LogP contribution is -2.56. The highest BCUT2D eigenvalue weighted by Gasteiger charge is 2.74. The first-order chi connectivity index (χ1) is 5.44. The number of hydrogen-bond donors (Lipinski definition) is 0. The number of rotatable bonds is 1. The summed E-state index contributed by atoms with van der Waals surface area (Å²) in [5, 5.41) is -6.21. The van der Waals surface area contributed by atoms with Gasteiger partial charge in [0, 0.05) is 11.1 Å². The molecule has 0 aromatic rings. The standard InChI is InChI=1S/C3HF7O2S/c4-1(13(11)12,2(5,6)7)3(8,9)10/h(H,11,12)/p-1. The maximum atomic E-state index is 12.1. The van der Waals surface area contributed by atoms with Crippen LogP contribution in [0.4, 0.5) is 30.7 Å². The summed E-state index contributed by atoms with van der Waals surface area (Å²) in [5.41, 5.74) is 0. The van der Waals surface area contributed by atoms with Crippen molar-refractivity contribution in [1.29, 1.82) is 0 Å². The summed E-state index contributed by atoms with van der Waals surface area (Å²) in [6.45, 7) is 0. The van der Waals surface area contributed by atoms with E-state index in [2.05, 4.69) is 0 Å². The Morgan fingerprint density at radius 1 is 0.846 bits per heavy atom. The topological polar surface area (TPSA) is 40.1 Å². The van der Waals surface area contributed by atoms with Crippen LogP contribution in [0.1, 0.15) is 0 Å². The molecular formula is C3F7O2S-. The van der Waals surface area contributed by atoms with E-state index in [-0.39, 0.29) is 0 Å². The number of alkyl halides is 7.